The molecule has 1 saturated heterocycles. The topological polar surface area (TPSA) is 83.8 Å². The Kier molecular flexibility index (Phi) is 5.46. The van der Waals surface area contributed by atoms with Gasteiger partial charge in [0.25, 0.3) is 0 Å². The fourth-order valence-electron chi connectivity index (χ4n) is 2.16. The lowest BCUT2D eigenvalue weighted by Gasteiger charge is -2.40. The molecule has 128 valence electrons. The summed E-state index contributed by atoms with van der Waals surface area (Å²) in [7, 11) is 1.73. The van der Waals surface area contributed by atoms with Crippen LogP contribution in [0.3, 0.4) is 0 Å². The van der Waals surface area contributed by atoms with Gasteiger partial charge in [0.05, 0.1) is 12.4 Å². The van der Waals surface area contributed by atoms with Crippen LogP contribution in [0, 0.1) is 0 Å². The van der Waals surface area contributed by atoms with Gasteiger partial charge in [0.15, 0.2) is 5.96 Å². The number of aromatic nitrogens is 2. The molecule has 0 bridgehead atoms. The Hall–Kier alpha value is -2.25. The minimum absolute atomic E-state index is 0.196. The maximum Gasteiger partial charge on any atom is 0.410 e. The number of aliphatic imine (C=N–C) groups is 1. The summed E-state index contributed by atoms with van der Waals surface area (Å²) in [6.07, 6.45) is 5.19. The first-order valence-electron chi connectivity index (χ1n) is 7.78. The molecular formula is C15H26N6O2. The fraction of sp³-hybridized carbons (Fsp3) is 0.667. The van der Waals surface area contributed by atoms with Crippen LogP contribution in [0.5, 0.6) is 0 Å². The van der Waals surface area contributed by atoms with E-state index in [0.717, 1.165) is 19.0 Å². The predicted molar refractivity (Wildman–Crippen MR) is 88.3 cm³/mol. The van der Waals surface area contributed by atoms with E-state index in [0.29, 0.717) is 13.1 Å². The van der Waals surface area contributed by atoms with Gasteiger partial charge in [-0.3, -0.25) is 4.99 Å². The van der Waals surface area contributed by atoms with Gasteiger partial charge in [0, 0.05) is 45.6 Å². The Morgan fingerprint density at radius 3 is 2.74 bits per heavy atom. The number of nitrogens with one attached hydrogen (secondary N) is 2. The molecule has 2 rings (SSSR count). The molecule has 8 heteroatoms. The average Bonchev–Trinajstić information content (AvgIpc) is 2.91. The summed E-state index contributed by atoms with van der Waals surface area (Å²) in [4.78, 5) is 21.7. The summed E-state index contributed by atoms with van der Waals surface area (Å²) in [5.74, 6) is 0.735. The Morgan fingerprint density at radius 2 is 2.17 bits per heavy atom. The lowest BCUT2D eigenvalue weighted by Crippen LogP contribution is -2.63. The molecule has 2 heterocycles. The summed E-state index contributed by atoms with van der Waals surface area (Å²) >= 11 is 0. The summed E-state index contributed by atoms with van der Waals surface area (Å²) in [5, 5.41) is 6.54. The van der Waals surface area contributed by atoms with Gasteiger partial charge >= 0.3 is 6.09 Å². The number of nitrogens with zero attached hydrogens (tertiary/aromatic N) is 4. The van der Waals surface area contributed by atoms with Gasteiger partial charge in [0.2, 0.25) is 0 Å². The van der Waals surface area contributed by atoms with Crippen molar-refractivity contribution in [1.29, 1.82) is 0 Å². The maximum absolute atomic E-state index is 11.9. The number of carbonyl (C=O) groups is 1. The number of amides is 1. The number of ether oxygens (including phenoxy) is 1. The van der Waals surface area contributed by atoms with E-state index < -0.39 is 5.60 Å². The summed E-state index contributed by atoms with van der Waals surface area (Å²) < 4.78 is 7.33. The zero-order valence-corrected chi connectivity index (χ0v) is 14.2. The Bertz CT molecular complexity index is 529. The smallest absolute Gasteiger partial charge is 0.410 e. The van der Waals surface area contributed by atoms with E-state index in [9.17, 15) is 4.79 Å². The van der Waals surface area contributed by atoms with E-state index in [2.05, 4.69) is 20.6 Å². The minimum Gasteiger partial charge on any atom is -0.444 e. The zero-order chi connectivity index (χ0) is 16.9. The van der Waals surface area contributed by atoms with Crippen molar-refractivity contribution in [2.45, 2.75) is 39.0 Å². The molecule has 1 aromatic rings. The van der Waals surface area contributed by atoms with E-state index in [1.54, 1.807) is 24.5 Å². The van der Waals surface area contributed by atoms with E-state index in [4.69, 9.17) is 4.74 Å². The molecule has 0 aliphatic carbocycles. The number of likely N-dealkylation sites (tertiary alicyclic amines) is 1. The second kappa shape index (κ2) is 7.34. The van der Waals surface area contributed by atoms with Crippen LogP contribution < -0.4 is 10.6 Å². The van der Waals surface area contributed by atoms with Gasteiger partial charge in [-0.1, -0.05) is 0 Å². The highest BCUT2D eigenvalue weighted by Gasteiger charge is 2.34. The third-order valence-electron chi connectivity index (χ3n) is 3.32. The predicted octanol–water partition coefficient (Wildman–Crippen LogP) is 0.667. The van der Waals surface area contributed by atoms with Crippen LogP contribution in [0.25, 0.3) is 0 Å². The van der Waals surface area contributed by atoms with Gasteiger partial charge < -0.3 is 24.8 Å². The van der Waals surface area contributed by atoms with Crippen molar-refractivity contribution in [3.63, 3.8) is 0 Å². The lowest BCUT2D eigenvalue weighted by molar-refractivity contribution is 0.00701. The van der Waals surface area contributed by atoms with E-state index in [1.807, 2.05) is 31.5 Å². The molecule has 0 spiro atoms. The maximum atomic E-state index is 11.9. The highest BCUT2D eigenvalue weighted by molar-refractivity contribution is 5.80. The Morgan fingerprint density at radius 1 is 1.43 bits per heavy atom. The molecule has 0 unspecified atom stereocenters. The van der Waals surface area contributed by atoms with Crippen LogP contribution >= 0.6 is 0 Å². The number of hydrogen-bond acceptors (Lipinski definition) is 4. The first-order chi connectivity index (χ1) is 10.9. The van der Waals surface area contributed by atoms with Crippen molar-refractivity contribution in [2.24, 2.45) is 4.99 Å². The molecule has 23 heavy (non-hydrogen) atoms. The van der Waals surface area contributed by atoms with Crippen molar-refractivity contribution in [3.05, 3.63) is 18.7 Å². The van der Waals surface area contributed by atoms with Gasteiger partial charge in [-0.05, 0) is 20.8 Å². The molecule has 2 N–H and O–H groups in total. The quantitative estimate of drug-likeness (QED) is 0.629. The third-order valence-corrected chi connectivity index (χ3v) is 3.32. The van der Waals surface area contributed by atoms with Crippen molar-refractivity contribution in [2.75, 3.05) is 26.7 Å². The van der Waals surface area contributed by atoms with Crippen LogP contribution in [-0.2, 0) is 11.3 Å². The number of imidazole rings is 1. The second-order valence-corrected chi connectivity index (χ2v) is 6.53. The van der Waals surface area contributed by atoms with Crippen molar-refractivity contribution >= 4 is 12.1 Å². The SMILES string of the molecule is CN=C(NCCn1ccnc1)NC1CN(C(=O)OC(C)(C)C)C1. The first-order valence-corrected chi connectivity index (χ1v) is 7.78. The molecule has 1 aliphatic rings. The van der Waals surface area contributed by atoms with Crippen LogP contribution in [0.1, 0.15) is 20.8 Å². The van der Waals surface area contributed by atoms with E-state index in [-0.39, 0.29) is 12.1 Å². The number of rotatable bonds is 4. The highest BCUT2D eigenvalue weighted by atomic mass is 16.6. The van der Waals surface area contributed by atoms with Gasteiger partial charge in [-0.2, -0.15) is 0 Å². The highest BCUT2D eigenvalue weighted by Crippen LogP contribution is 2.15. The number of guanidine groups is 1. The monoisotopic (exact) mass is 322 g/mol. The van der Waals surface area contributed by atoms with Crippen LogP contribution in [-0.4, -0.2) is 64.8 Å². The van der Waals surface area contributed by atoms with Crippen molar-refractivity contribution < 1.29 is 9.53 Å². The number of carbonyl (C=O) groups excluding carboxylic acids is 1. The minimum atomic E-state index is -0.458. The Balaban J connectivity index is 1.66. The van der Waals surface area contributed by atoms with E-state index in [1.165, 1.54) is 0 Å². The van der Waals surface area contributed by atoms with Crippen molar-refractivity contribution in [1.82, 2.24) is 25.1 Å². The normalized spacial score (nSPS) is 16.0. The lowest BCUT2D eigenvalue weighted by atomic mass is 10.1. The van der Waals surface area contributed by atoms with Gasteiger partial charge in [0.1, 0.15) is 5.60 Å². The van der Waals surface area contributed by atoms with E-state index >= 15 is 0 Å². The molecule has 1 aromatic heterocycles. The largest absolute Gasteiger partial charge is 0.444 e. The summed E-state index contributed by atoms with van der Waals surface area (Å²) in [6.45, 7) is 8.41. The molecular weight excluding hydrogens is 296 g/mol. The molecule has 0 aromatic carbocycles. The molecule has 1 fully saturated rings. The third kappa shape index (κ3) is 5.46. The molecule has 0 saturated carbocycles. The van der Waals surface area contributed by atoms with Gasteiger partial charge in [-0.25, -0.2) is 9.78 Å². The van der Waals surface area contributed by atoms with Crippen LogP contribution in [0.2, 0.25) is 0 Å². The molecule has 1 amide bonds. The number of hydrogen-bond donors (Lipinski definition) is 2. The first kappa shape index (κ1) is 17.1. The summed E-state index contributed by atoms with van der Waals surface area (Å²) in [6, 6.07) is 0.196. The van der Waals surface area contributed by atoms with Crippen LogP contribution in [0.15, 0.2) is 23.7 Å². The molecule has 1 aliphatic heterocycles. The fourth-order valence-corrected chi connectivity index (χ4v) is 2.16. The second-order valence-electron chi connectivity index (χ2n) is 6.53. The standard InChI is InChI=1S/C15H26N6O2/c1-15(2,3)23-14(22)21-9-12(10-21)19-13(16-4)18-6-8-20-7-5-17-11-20/h5,7,11-12H,6,8-10H2,1-4H3,(H2,16,18,19). The molecule has 8 nitrogen and oxygen atoms in total. The molecule has 0 atom stereocenters. The molecule has 0 radical (unpaired) electrons. The van der Waals surface area contributed by atoms with Crippen molar-refractivity contribution in [3.8, 4) is 0 Å². The summed E-state index contributed by atoms with van der Waals surface area (Å²) in [5.41, 5.74) is -0.458. The Labute approximate surface area is 136 Å². The van der Waals surface area contributed by atoms with Crippen LogP contribution in [0.4, 0.5) is 4.79 Å². The average molecular weight is 322 g/mol. The van der Waals surface area contributed by atoms with Gasteiger partial charge in [-0.15, -0.1) is 0 Å². The zero-order valence-electron chi connectivity index (χ0n) is 14.2.